The Bertz CT molecular complexity index is 1030. The minimum atomic E-state index is -0.244. The summed E-state index contributed by atoms with van der Waals surface area (Å²) < 4.78 is 5.22. The summed E-state index contributed by atoms with van der Waals surface area (Å²) in [4.78, 5) is 30.4. The molecule has 2 aromatic carbocycles. The molecule has 1 N–H and O–H groups in total. The van der Waals surface area contributed by atoms with Crippen LogP contribution in [0.15, 0.2) is 47.0 Å². The van der Waals surface area contributed by atoms with Crippen molar-refractivity contribution < 1.29 is 14.1 Å². The van der Waals surface area contributed by atoms with E-state index in [4.69, 9.17) is 16.1 Å². The number of nitrogens with zero attached hydrogens (tertiary/aromatic N) is 3. The maximum Gasteiger partial charge on any atom is 0.243 e. The number of rotatable bonds is 7. The number of nitrogens with one attached hydrogen (secondary N) is 1. The molecule has 0 spiro atoms. The lowest BCUT2D eigenvalue weighted by molar-refractivity contribution is -0.133. The fourth-order valence-electron chi connectivity index (χ4n) is 2.97. The van der Waals surface area contributed by atoms with Gasteiger partial charge in [0.25, 0.3) is 0 Å². The third kappa shape index (κ3) is 5.45. The minimum absolute atomic E-state index is 0.0353. The van der Waals surface area contributed by atoms with Crippen LogP contribution >= 0.6 is 11.6 Å². The van der Waals surface area contributed by atoms with E-state index in [9.17, 15) is 9.59 Å². The van der Waals surface area contributed by atoms with E-state index in [1.807, 2.05) is 32.0 Å². The first-order valence-electron chi connectivity index (χ1n) is 9.52. The van der Waals surface area contributed by atoms with Crippen molar-refractivity contribution in [1.82, 2.24) is 15.0 Å². The van der Waals surface area contributed by atoms with Gasteiger partial charge in [0, 0.05) is 36.2 Å². The Morgan fingerprint density at radius 3 is 2.43 bits per heavy atom. The molecule has 0 aliphatic carbocycles. The molecule has 0 saturated carbocycles. The van der Waals surface area contributed by atoms with Crippen LogP contribution in [0.2, 0.25) is 5.02 Å². The van der Waals surface area contributed by atoms with Crippen molar-refractivity contribution in [2.45, 2.75) is 26.7 Å². The van der Waals surface area contributed by atoms with Gasteiger partial charge < -0.3 is 14.7 Å². The predicted octanol–water partition coefficient (Wildman–Crippen LogP) is 4.04. The molecule has 0 unspecified atom stereocenters. The van der Waals surface area contributed by atoms with Crippen molar-refractivity contribution in [2.75, 3.05) is 18.9 Å². The van der Waals surface area contributed by atoms with Crippen molar-refractivity contribution >= 4 is 29.1 Å². The van der Waals surface area contributed by atoms with E-state index < -0.39 is 0 Å². The second-order valence-corrected chi connectivity index (χ2v) is 7.52. The molecule has 0 aliphatic rings. The van der Waals surface area contributed by atoms with Gasteiger partial charge in [-0.15, -0.1) is 0 Å². The maximum atomic E-state index is 12.4. The number of para-hydroxylation sites is 1. The van der Waals surface area contributed by atoms with E-state index in [0.29, 0.717) is 23.2 Å². The summed E-state index contributed by atoms with van der Waals surface area (Å²) in [6.07, 6.45) is 0.456. The van der Waals surface area contributed by atoms with Gasteiger partial charge in [-0.05, 0) is 49.2 Å². The van der Waals surface area contributed by atoms with Crippen LogP contribution in [0.25, 0.3) is 11.4 Å². The molecule has 3 aromatic rings. The molecule has 7 nitrogen and oxygen atoms in total. The first kappa shape index (κ1) is 21.5. The minimum Gasteiger partial charge on any atom is -0.339 e. The van der Waals surface area contributed by atoms with E-state index in [2.05, 4.69) is 15.5 Å². The predicted molar refractivity (Wildman–Crippen MR) is 115 cm³/mol. The van der Waals surface area contributed by atoms with Crippen molar-refractivity contribution in [3.8, 4) is 11.4 Å². The molecule has 2 amide bonds. The number of halogens is 1. The van der Waals surface area contributed by atoms with Gasteiger partial charge in [0.2, 0.25) is 23.5 Å². The highest BCUT2D eigenvalue weighted by atomic mass is 35.5. The Kier molecular flexibility index (Phi) is 6.84. The summed E-state index contributed by atoms with van der Waals surface area (Å²) in [6, 6.07) is 12.9. The van der Waals surface area contributed by atoms with Crippen molar-refractivity contribution in [2.24, 2.45) is 0 Å². The van der Waals surface area contributed by atoms with Gasteiger partial charge in [0.05, 0.1) is 6.54 Å². The zero-order valence-electron chi connectivity index (χ0n) is 17.1. The molecule has 0 saturated heterocycles. The maximum absolute atomic E-state index is 12.4. The highest BCUT2D eigenvalue weighted by molar-refractivity contribution is 6.30. The summed E-state index contributed by atoms with van der Waals surface area (Å²) in [6.45, 7) is 3.83. The average molecular weight is 427 g/mol. The Labute approximate surface area is 180 Å². The lowest BCUT2D eigenvalue weighted by Gasteiger charge is -2.18. The molecule has 0 bridgehead atoms. The molecule has 0 radical (unpaired) electrons. The largest absolute Gasteiger partial charge is 0.339 e. The first-order valence-corrected chi connectivity index (χ1v) is 9.90. The van der Waals surface area contributed by atoms with Crippen molar-refractivity contribution in [3.63, 3.8) is 0 Å². The van der Waals surface area contributed by atoms with Crippen molar-refractivity contribution in [1.29, 1.82) is 0 Å². The fraction of sp³-hybridized carbons (Fsp3) is 0.273. The smallest absolute Gasteiger partial charge is 0.243 e. The zero-order chi connectivity index (χ0) is 21.7. The van der Waals surface area contributed by atoms with E-state index in [1.54, 1.807) is 31.3 Å². The standard InChI is InChI=1S/C22H23ClN4O3/c1-14-5-4-6-15(2)21(14)24-18(28)13-27(3)20(29)12-11-19-25-22(26-30-19)16-7-9-17(23)10-8-16/h4-10H,11-13H2,1-3H3,(H,24,28). The number of carbonyl (C=O) groups excluding carboxylic acids is 2. The normalized spacial score (nSPS) is 10.7. The van der Waals surface area contributed by atoms with Crippen molar-refractivity contribution in [3.05, 3.63) is 64.5 Å². The summed E-state index contributed by atoms with van der Waals surface area (Å²) in [5.74, 6) is 0.376. The van der Waals surface area contributed by atoms with Crippen LogP contribution in [0.3, 0.4) is 0 Å². The third-order valence-electron chi connectivity index (χ3n) is 4.68. The SMILES string of the molecule is Cc1cccc(C)c1NC(=O)CN(C)C(=O)CCc1nc(-c2ccc(Cl)cc2)no1. The van der Waals surface area contributed by atoms with Crippen LogP contribution < -0.4 is 5.32 Å². The Balaban J connectivity index is 1.51. The Hall–Kier alpha value is -3.19. The second-order valence-electron chi connectivity index (χ2n) is 7.08. The first-order chi connectivity index (χ1) is 14.3. The lowest BCUT2D eigenvalue weighted by Crippen LogP contribution is -2.35. The Morgan fingerprint density at radius 1 is 1.10 bits per heavy atom. The molecular formula is C22H23ClN4O3. The van der Waals surface area contributed by atoms with Crippen LogP contribution in [-0.4, -0.2) is 40.4 Å². The highest BCUT2D eigenvalue weighted by Gasteiger charge is 2.16. The molecule has 156 valence electrons. The molecular weight excluding hydrogens is 404 g/mol. The van der Waals surface area contributed by atoms with Gasteiger partial charge in [-0.3, -0.25) is 9.59 Å². The summed E-state index contributed by atoms with van der Waals surface area (Å²) in [7, 11) is 1.60. The number of aromatic nitrogens is 2. The summed E-state index contributed by atoms with van der Waals surface area (Å²) in [5, 5.41) is 7.44. The fourth-order valence-corrected chi connectivity index (χ4v) is 3.10. The highest BCUT2D eigenvalue weighted by Crippen LogP contribution is 2.20. The van der Waals surface area contributed by atoms with Gasteiger partial charge in [0.1, 0.15) is 0 Å². The van der Waals surface area contributed by atoms with Crippen LogP contribution in [0.4, 0.5) is 5.69 Å². The molecule has 0 fully saturated rings. The Morgan fingerprint density at radius 2 is 1.77 bits per heavy atom. The number of likely N-dealkylation sites (N-methyl/N-ethyl adjacent to an activating group) is 1. The van der Waals surface area contributed by atoms with Gasteiger partial charge in [-0.1, -0.05) is 35.0 Å². The second kappa shape index (κ2) is 9.54. The quantitative estimate of drug-likeness (QED) is 0.616. The van der Waals surface area contributed by atoms with Crippen LogP contribution in [0.1, 0.15) is 23.4 Å². The number of anilines is 1. The van der Waals surface area contributed by atoms with Gasteiger partial charge in [-0.2, -0.15) is 4.98 Å². The van der Waals surface area contributed by atoms with E-state index in [-0.39, 0.29) is 24.8 Å². The number of carbonyl (C=O) groups is 2. The van der Waals surface area contributed by atoms with Gasteiger partial charge in [0.15, 0.2) is 0 Å². The van der Waals surface area contributed by atoms with E-state index in [1.165, 1.54) is 4.90 Å². The molecule has 3 rings (SSSR count). The molecule has 30 heavy (non-hydrogen) atoms. The molecule has 1 heterocycles. The number of hydrogen-bond donors (Lipinski definition) is 1. The number of hydrogen-bond acceptors (Lipinski definition) is 5. The van der Waals surface area contributed by atoms with Crippen LogP contribution in [0.5, 0.6) is 0 Å². The summed E-state index contributed by atoms with van der Waals surface area (Å²) in [5.41, 5.74) is 3.51. The van der Waals surface area contributed by atoms with Crippen LogP contribution in [-0.2, 0) is 16.0 Å². The molecule has 1 aromatic heterocycles. The van der Waals surface area contributed by atoms with Crippen LogP contribution in [0, 0.1) is 13.8 Å². The topological polar surface area (TPSA) is 88.3 Å². The van der Waals surface area contributed by atoms with Gasteiger partial charge in [-0.25, -0.2) is 0 Å². The third-order valence-corrected chi connectivity index (χ3v) is 4.93. The summed E-state index contributed by atoms with van der Waals surface area (Å²) >= 11 is 5.88. The monoisotopic (exact) mass is 426 g/mol. The number of amides is 2. The molecule has 0 atom stereocenters. The lowest BCUT2D eigenvalue weighted by atomic mass is 10.1. The van der Waals surface area contributed by atoms with E-state index in [0.717, 1.165) is 22.4 Å². The van der Waals surface area contributed by atoms with E-state index >= 15 is 0 Å². The van der Waals surface area contributed by atoms with Gasteiger partial charge >= 0.3 is 0 Å². The molecule has 0 aliphatic heterocycles. The average Bonchev–Trinajstić information content (AvgIpc) is 3.18. The number of benzene rings is 2. The zero-order valence-corrected chi connectivity index (χ0v) is 17.9. The number of aryl methyl sites for hydroxylation is 3. The molecule has 8 heteroatoms.